The number of carbonyl (C=O) groups is 1. The SMILES string of the molecule is CCCN(CCNC(=O)C1CCS(=O)(=O)N1)C1CCc2c(Cl)cccc21. The van der Waals surface area contributed by atoms with E-state index in [2.05, 4.69) is 27.9 Å². The second-order valence-electron chi connectivity index (χ2n) is 6.97. The zero-order valence-corrected chi connectivity index (χ0v) is 16.6. The largest absolute Gasteiger partial charge is 0.353 e. The van der Waals surface area contributed by atoms with Gasteiger partial charge < -0.3 is 5.32 Å². The maximum absolute atomic E-state index is 12.2. The number of fused-ring (bicyclic) bond motifs is 1. The monoisotopic (exact) mass is 399 g/mol. The van der Waals surface area contributed by atoms with Crippen molar-refractivity contribution in [2.24, 2.45) is 0 Å². The first-order chi connectivity index (χ1) is 12.4. The van der Waals surface area contributed by atoms with Gasteiger partial charge in [-0.15, -0.1) is 0 Å². The predicted molar refractivity (Wildman–Crippen MR) is 103 cm³/mol. The predicted octanol–water partition coefficient (Wildman–Crippen LogP) is 1.85. The van der Waals surface area contributed by atoms with Crippen LogP contribution in [0.3, 0.4) is 0 Å². The van der Waals surface area contributed by atoms with Crippen molar-refractivity contribution in [2.75, 3.05) is 25.4 Å². The van der Waals surface area contributed by atoms with Crippen molar-refractivity contribution in [2.45, 2.75) is 44.7 Å². The number of nitrogens with one attached hydrogen (secondary N) is 2. The lowest BCUT2D eigenvalue weighted by Crippen LogP contribution is -2.44. The molecule has 0 spiro atoms. The van der Waals surface area contributed by atoms with Crippen LogP contribution < -0.4 is 10.0 Å². The Bertz CT molecular complexity index is 769. The molecule has 1 heterocycles. The molecule has 0 aromatic heterocycles. The molecule has 1 aliphatic carbocycles. The van der Waals surface area contributed by atoms with Crippen molar-refractivity contribution >= 4 is 27.5 Å². The van der Waals surface area contributed by atoms with Crippen LogP contribution >= 0.6 is 11.6 Å². The summed E-state index contributed by atoms with van der Waals surface area (Å²) in [5.74, 6) is -0.218. The third kappa shape index (κ3) is 4.39. The number of carbonyl (C=O) groups excluding carboxylic acids is 1. The van der Waals surface area contributed by atoms with E-state index < -0.39 is 16.1 Å². The van der Waals surface area contributed by atoms with Crippen molar-refractivity contribution in [3.8, 4) is 0 Å². The fourth-order valence-electron chi connectivity index (χ4n) is 3.92. The van der Waals surface area contributed by atoms with Crippen LogP contribution in [0.25, 0.3) is 0 Å². The van der Waals surface area contributed by atoms with Crippen molar-refractivity contribution < 1.29 is 13.2 Å². The molecule has 2 unspecified atom stereocenters. The summed E-state index contributed by atoms with van der Waals surface area (Å²) in [5, 5.41) is 3.71. The fourth-order valence-corrected chi connectivity index (χ4v) is 5.51. The van der Waals surface area contributed by atoms with Gasteiger partial charge in [0.1, 0.15) is 6.04 Å². The highest BCUT2D eigenvalue weighted by Gasteiger charge is 2.32. The molecule has 26 heavy (non-hydrogen) atoms. The Morgan fingerprint density at radius 1 is 1.35 bits per heavy atom. The van der Waals surface area contributed by atoms with Crippen molar-refractivity contribution in [1.82, 2.24) is 14.9 Å². The third-order valence-corrected chi connectivity index (χ3v) is 6.92. The molecule has 1 saturated heterocycles. The summed E-state index contributed by atoms with van der Waals surface area (Å²) >= 11 is 6.33. The van der Waals surface area contributed by atoms with Crippen LogP contribution in [0, 0.1) is 0 Å². The number of hydrogen-bond acceptors (Lipinski definition) is 4. The molecule has 6 nitrogen and oxygen atoms in total. The van der Waals surface area contributed by atoms with Gasteiger partial charge in [-0.1, -0.05) is 30.7 Å². The van der Waals surface area contributed by atoms with Gasteiger partial charge >= 0.3 is 0 Å². The standard InChI is InChI=1S/C18H26ClN3O3S/c1-2-10-22(17-7-6-13-14(17)4-3-5-15(13)19)11-9-20-18(23)16-8-12-26(24,25)21-16/h3-5,16-17,21H,2,6-12H2,1H3,(H,20,23). The average molecular weight is 400 g/mol. The molecule has 0 radical (unpaired) electrons. The lowest BCUT2D eigenvalue weighted by atomic mass is 10.1. The van der Waals surface area contributed by atoms with E-state index in [0.29, 0.717) is 19.0 Å². The van der Waals surface area contributed by atoms with Crippen LogP contribution in [0.1, 0.15) is 43.4 Å². The molecule has 0 saturated carbocycles. The number of nitrogens with zero attached hydrogens (tertiary/aromatic N) is 1. The molecule has 1 amide bonds. The molecule has 2 aliphatic rings. The molecular weight excluding hydrogens is 374 g/mol. The van der Waals surface area contributed by atoms with Gasteiger partial charge in [0, 0.05) is 24.2 Å². The highest BCUT2D eigenvalue weighted by atomic mass is 35.5. The Kier molecular flexibility index (Phi) is 6.22. The molecule has 2 N–H and O–H groups in total. The summed E-state index contributed by atoms with van der Waals surface area (Å²) < 4.78 is 25.2. The Morgan fingerprint density at radius 3 is 2.85 bits per heavy atom. The molecule has 1 fully saturated rings. The number of rotatable bonds is 7. The second-order valence-corrected chi connectivity index (χ2v) is 9.25. The van der Waals surface area contributed by atoms with E-state index in [-0.39, 0.29) is 11.7 Å². The zero-order valence-electron chi connectivity index (χ0n) is 15.0. The van der Waals surface area contributed by atoms with E-state index in [1.165, 1.54) is 11.1 Å². The summed E-state index contributed by atoms with van der Waals surface area (Å²) in [4.78, 5) is 14.6. The molecule has 0 bridgehead atoms. The normalized spacial score (nSPS) is 24.0. The molecule has 2 atom stereocenters. The molecular formula is C18H26ClN3O3S. The minimum atomic E-state index is -3.27. The molecule has 8 heteroatoms. The van der Waals surface area contributed by atoms with Gasteiger partial charge in [-0.25, -0.2) is 13.1 Å². The van der Waals surface area contributed by atoms with Gasteiger partial charge in [0.15, 0.2) is 0 Å². The average Bonchev–Trinajstić information content (AvgIpc) is 3.18. The van der Waals surface area contributed by atoms with Crippen LogP contribution in [0.15, 0.2) is 18.2 Å². The first-order valence-electron chi connectivity index (χ1n) is 9.20. The van der Waals surface area contributed by atoms with Gasteiger partial charge in [0.2, 0.25) is 15.9 Å². The van der Waals surface area contributed by atoms with Crippen LogP contribution in [-0.2, 0) is 21.2 Å². The molecule has 1 aromatic rings. The fraction of sp³-hybridized carbons (Fsp3) is 0.611. The van der Waals surface area contributed by atoms with E-state index in [9.17, 15) is 13.2 Å². The van der Waals surface area contributed by atoms with Crippen LogP contribution in [0.2, 0.25) is 5.02 Å². The van der Waals surface area contributed by atoms with E-state index in [0.717, 1.165) is 37.4 Å². The maximum atomic E-state index is 12.2. The van der Waals surface area contributed by atoms with E-state index in [1.54, 1.807) is 0 Å². The van der Waals surface area contributed by atoms with Crippen LogP contribution in [0.5, 0.6) is 0 Å². The Morgan fingerprint density at radius 2 is 2.15 bits per heavy atom. The lowest BCUT2D eigenvalue weighted by molar-refractivity contribution is -0.122. The number of sulfonamides is 1. The van der Waals surface area contributed by atoms with Crippen LogP contribution in [0.4, 0.5) is 0 Å². The van der Waals surface area contributed by atoms with Crippen LogP contribution in [-0.4, -0.2) is 50.7 Å². The Labute approximate surface area is 160 Å². The van der Waals surface area contributed by atoms with E-state index in [4.69, 9.17) is 11.6 Å². The third-order valence-electron chi connectivity index (χ3n) is 5.15. The summed E-state index contributed by atoms with van der Waals surface area (Å²) in [5.41, 5.74) is 2.53. The lowest BCUT2D eigenvalue weighted by Gasteiger charge is -2.29. The topological polar surface area (TPSA) is 78.5 Å². The molecule has 144 valence electrons. The molecule has 1 aromatic carbocycles. The highest BCUT2D eigenvalue weighted by Crippen LogP contribution is 2.38. The summed E-state index contributed by atoms with van der Waals surface area (Å²) in [7, 11) is -3.27. The first kappa shape index (κ1) is 19.6. The zero-order chi connectivity index (χ0) is 18.7. The summed E-state index contributed by atoms with van der Waals surface area (Å²) in [6.07, 6.45) is 3.38. The number of amides is 1. The van der Waals surface area contributed by atoms with E-state index in [1.807, 2.05) is 12.1 Å². The number of halogens is 1. The minimum absolute atomic E-state index is 0.0205. The smallest absolute Gasteiger partial charge is 0.238 e. The van der Waals surface area contributed by atoms with Gasteiger partial charge in [-0.2, -0.15) is 0 Å². The van der Waals surface area contributed by atoms with Gasteiger partial charge in [-0.3, -0.25) is 9.69 Å². The minimum Gasteiger partial charge on any atom is -0.353 e. The maximum Gasteiger partial charge on any atom is 0.238 e. The van der Waals surface area contributed by atoms with E-state index >= 15 is 0 Å². The van der Waals surface area contributed by atoms with Gasteiger partial charge in [-0.05, 0) is 49.4 Å². The first-order valence-corrected chi connectivity index (χ1v) is 11.2. The van der Waals surface area contributed by atoms with Gasteiger partial charge in [0.25, 0.3) is 0 Å². The summed E-state index contributed by atoms with van der Waals surface area (Å²) in [6, 6.07) is 5.78. The Hall–Kier alpha value is -1.15. The number of benzene rings is 1. The van der Waals surface area contributed by atoms with Crippen molar-refractivity contribution in [1.29, 1.82) is 0 Å². The molecule has 3 rings (SSSR count). The molecule has 1 aliphatic heterocycles. The summed E-state index contributed by atoms with van der Waals surface area (Å²) in [6.45, 7) is 4.33. The second kappa shape index (κ2) is 8.25. The Balaban J connectivity index is 1.57. The number of hydrogen-bond donors (Lipinski definition) is 2. The van der Waals surface area contributed by atoms with Crippen molar-refractivity contribution in [3.63, 3.8) is 0 Å². The highest BCUT2D eigenvalue weighted by molar-refractivity contribution is 7.89. The van der Waals surface area contributed by atoms with Gasteiger partial charge in [0.05, 0.1) is 5.75 Å². The van der Waals surface area contributed by atoms with Crippen molar-refractivity contribution in [3.05, 3.63) is 34.3 Å². The quantitative estimate of drug-likeness (QED) is 0.733.